The Morgan fingerprint density at radius 1 is 1.50 bits per heavy atom. The van der Waals surface area contributed by atoms with E-state index in [2.05, 4.69) is 0 Å². The van der Waals surface area contributed by atoms with Gasteiger partial charge in [0, 0.05) is 5.56 Å². The number of hydrogen-bond acceptors (Lipinski definition) is 2. The molecular weight excluding hydrogens is 152 g/mol. The second-order valence-corrected chi connectivity index (χ2v) is 2.74. The fourth-order valence-electron chi connectivity index (χ4n) is 0.837. The maximum atomic E-state index is 11.1. The van der Waals surface area contributed by atoms with Crippen molar-refractivity contribution in [2.24, 2.45) is 0 Å². The molecule has 0 radical (unpaired) electrons. The summed E-state index contributed by atoms with van der Waals surface area (Å²) in [4.78, 5) is 11.1. The lowest BCUT2D eigenvalue weighted by Crippen LogP contribution is -2.03. The monoisotopic (exact) mass is 164 g/mol. The van der Waals surface area contributed by atoms with Crippen LogP contribution in [0.25, 0.3) is 5.57 Å². The molecule has 0 spiro atoms. The summed E-state index contributed by atoms with van der Waals surface area (Å²) in [7, 11) is 0. The van der Waals surface area contributed by atoms with Crippen LogP contribution in [0.2, 0.25) is 0 Å². The predicted molar refractivity (Wildman–Crippen MR) is 49.0 cm³/mol. The van der Waals surface area contributed by atoms with Crippen molar-refractivity contribution in [3.8, 4) is 0 Å². The molecule has 0 saturated carbocycles. The van der Waals surface area contributed by atoms with Gasteiger partial charge < -0.3 is 4.42 Å². The predicted octanol–water partition coefficient (Wildman–Crippen LogP) is 2.37. The highest BCUT2D eigenvalue weighted by Gasteiger charge is 1.99. The molecule has 1 heterocycles. The second-order valence-electron chi connectivity index (χ2n) is 2.74. The maximum Gasteiger partial charge on any atom is 0.339 e. The Labute approximate surface area is 71.5 Å². The van der Waals surface area contributed by atoms with Crippen molar-refractivity contribution in [2.75, 3.05) is 0 Å². The third-order valence-corrected chi connectivity index (χ3v) is 1.83. The molecule has 0 fully saturated rings. The molecule has 0 saturated heterocycles. The summed E-state index contributed by atoms with van der Waals surface area (Å²) < 4.78 is 5.04. The molecule has 1 aromatic heterocycles. The second kappa shape index (κ2) is 3.39. The number of aryl methyl sites for hydroxylation is 1. The fraction of sp³-hybridized carbons (Fsp3) is 0.300. The average Bonchev–Trinajstić information content (AvgIpc) is 2.08. The Morgan fingerprint density at radius 3 is 2.67 bits per heavy atom. The topological polar surface area (TPSA) is 30.2 Å². The zero-order valence-corrected chi connectivity index (χ0v) is 7.55. The zero-order chi connectivity index (χ0) is 9.14. The first-order valence-electron chi connectivity index (χ1n) is 3.89. The van der Waals surface area contributed by atoms with Crippen LogP contribution in [-0.2, 0) is 0 Å². The van der Waals surface area contributed by atoms with Gasteiger partial charge in [-0.25, -0.2) is 4.79 Å². The Balaban J connectivity index is 3.23. The molecule has 1 rings (SSSR count). The SMILES string of the molecule is C/C=C(\C)c1ccc(C)c(=O)o1. The average molecular weight is 164 g/mol. The normalized spacial score (nSPS) is 11.8. The van der Waals surface area contributed by atoms with Crippen molar-refractivity contribution in [1.29, 1.82) is 0 Å². The number of rotatable bonds is 1. The van der Waals surface area contributed by atoms with E-state index in [1.54, 1.807) is 13.0 Å². The van der Waals surface area contributed by atoms with Crippen molar-refractivity contribution in [1.82, 2.24) is 0 Å². The summed E-state index contributed by atoms with van der Waals surface area (Å²) in [5.41, 5.74) is 1.36. The molecule has 1 aromatic rings. The van der Waals surface area contributed by atoms with Crippen LogP contribution in [0.15, 0.2) is 27.4 Å². The van der Waals surface area contributed by atoms with Gasteiger partial charge in [0.1, 0.15) is 5.76 Å². The molecule has 64 valence electrons. The van der Waals surface area contributed by atoms with Crippen LogP contribution in [0.5, 0.6) is 0 Å². The van der Waals surface area contributed by atoms with Crippen molar-refractivity contribution < 1.29 is 4.42 Å². The molecule has 2 nitrogen and oxygen atoms in total. The molecule has 0 aliphatic heterocycles. The first-order chi connectivity index (χ1) is 5.65. The number of hydrogen-bond donors (Lipinski definition) is 0. The van der Waals surface area contributed by atoms with Gasteiger partial charge in [0.05, 0.1) is 0 Å². The quantitative estimate of drug-likeness (QED) is 0.637. The van der Waals surface area contributed by atoms with E-state index in [1.165, 1.54) is 0 Å². The Morgan fingerprint density at radius 2 is 2.17 bits per heavy atom. The molecular formula is C10H12O2. The lowest BCUT2D eigenvalue weighted by atomic mass is 10.2. The Bertz CT molecular complexity index is 358. The van der Waals surface area contributed by atoms with E-state index in [1.807, 2.05) is 26.0 Å². The van der Waals surface area contributed by atoms with Gasteiger partial charge in [-0.2, -0.15) is 0 Å². The minimum Gasteiger partial charge on any atom is -0.423 e. The van der Waals surface area contributed by atoms with Gasteiger partial charge >= 0.3 is 5.63 Å². The summed E-state index contributed by atoms with van der Waals surface area (Å²) >= 11 is 0. The zero-order valence-electron chi connectivity index (χ0n) is 7.55. The van der Waals surface area contributed by atoms with Crippen LogP contribution in [0.4, 0.5) is 0 Å². The van der Waals surface area contributed by atoms with Gasteiger partial charge in [0.25, 0.3) is 0 Å². The Hall–Kier alpha value is -1.31. The molecule has 0 atom stereocenters. The summed E-state index contributed by atoms with van der Waals surface area (Å²) in [5.74, 6) is 0.646. The smallest absolute Gasteiger partial charge is 0.339 e. The van der Waals surface area contributed by atoms with E-state index in [-0.39, 0.29) is 5.63 Å². The molecule has 0 bridgehead atoms. The van der Waals surface area contributed by atoms with Crippen molar-refractivity contribution >= 4 is 5.57 Å². The standard InChI is InChI=1S/C10H12O2/c1-4-7(2)9-6-5-8(3)10(11)12-9/h4-6H,1-3H3/b7-4+. The third kappa shape index (κ3) is 1.64. The molecule has 0 aromatic carbocycles. The summed E-state index contributed by atoms with van der Waals surface area (Å²) in [6, 6.07) is 3.58. The van der Waals surface area contributed by atoms with E-state index in [0.717, 1.165) is 5.57 Å². The van der Waals surface area contributed by atoms with E-state index in [4.69, 9.17) is 4.42 Å². The summed E-state index contributed by atoms with van der Waals surface area (Å²) in [5, 5.41) is 0. The molecule has 0 aliphatic carbocycles. The highest BCUT2D eigenvalue weighted by Crippen LogP contribution is 2.10. The molecule has 12 heavy (non-hydrogen) atoms. The summed E-state index contributed by atoms with van der Waals surface area (Å²) in [6.45, 7) is 5.56. The van der Waals surface area contributed by atoms with E-state index in [9.17, 15) is 4.79 Å². The lowest BCUT2D eigenvalue weighted by Gasteiger charge is -1.98. The van der Waals surface area contributed by atoms with E-state index in [0.29, 0.717) is 11.3 Å². The van der Waals surface area contributed by atoms with Gasteiger partial charge in [-0.3, -0.25) is 0 Å². The van der Waals surface area contributed by atoms with Gasteiger partial charge in [-0.05, 0) is 38.5 Å². The summed E-state index contributed by atoms with van der Waals surface area (Å²) in [6.07, 6.45) is 1.91. The third-order valence-electron chi connectivity index (χ3n) is 1.83. The van der Waals surface area contributed by atoms with E-state index < -0.39 is 0 Å². The highest BCUT2D eigenvalue weighted by atomic mass is 16.4. The Kier molecular flexibility index (Phi) is 2.48. The van der Waals surface area contributed by atoms with Crippen LogP contribution in [0.3, 0.4) is 0 Å². The largest absolute Gasteiger partial charge is 0.423 e. The van der Waals surface area contributed by atoms with Gasteiger partial charge in [-0.15, -0.1) is 0 Å². The van der Waals surface area contributed by atoms with Crippen LogP contribution in [-0.4, -0.2) is 0 Å². The molecule has 2 heteroatoms. The number of allylic oxidation sites excluding steroid dienone is 2. The van der Waals surface area contributed by atoms with Crippen LogP contribution in [0, 0.1) is 6.92 Å². The highest BCUT2D eigenvalue weighted by molar-refractivity contribution is 5.58. The maximum absolute atomic E-state index is 11.1. The van der Waals surface area contributed by atoms with Gasteiger partial charge in [0.15, 0.2) is 0 Å². The van der Waals surface area contributed by atoms with Crippen LogP contribution in [0.1, 0.15) is 25.2 Å². The fourth-order valence-corrected chi connectivity index (χ4v) is 0.837. The van der Waals surface area contributed by atoms with Crippen LogP contribution < -0.4 is 5.63 Å². The molecule has 0 aliphatic rings. The van der Waals surface area contributed by atoms with Crippen molar-refractivity contribution in [2.45, 2.75) is 20.8 Å². The van der Waals surface area contributed by atoms with E-state index >= 15 is 0 Å². The van der Waals surface area contributed by atoms with Crippen LogP contribution >= 0.6 is 0 Å². The molecule has 0 N–H and O–H groups in total. The van der Waals surface area contributed by atoms with Crippen molar-refractivity contribution in [3.05, 3.63) is 40.0 Å². The minimum atomic E-state index is -0.256. The van der Waals surface area contributed by atoms with Gasteiger partial charge in [-0.1, -0.05) is 6.08 Å². The minimum absolute atomic E-state index is 0.256. The van der Waals surface area contributed by atoms with Crippen molar-refractivity contribution in [3.63, 3.8) is 0 Å². The molecule has 0 unspecified atom stereocenters. The lowest BCUT2D eigenvalue weighted by molar-refractivity contribution is 0.492. The molecule has 0 amide bonds. The first kappa shape index (κ1) is 8.78. The van der Waals surface area contributed by atoms with Gasteiger partial charge in [0.2, 0.25) is 0 Å². The first-order valence-corrected chi connectivity index (χ1v) is 3.89.